The van der Waals surface area contributed by atoms with E-state index in [1.807, 2.05) is 0 Å². The van der Waals surface area contributed by atoms with Gasteiger partial charge in [-0.3, -0.25) is 19.2 Å². The molecule has 0 aromatic carbocycles. The molecule has 0 aliphatic rings. The van der Waals surface area contributed by atoms with Gasteiger partial charge in [0.1, 0.15) is 75.9 Å². The molecule has 0 aromatic heterocycles. The van der Waals surface area contributed by atoms with Gasteiger partial charge in [-0.25, -0.2) is 0 Å². The zero-order valence-electron chi connectivity index (χ0n) is 14.2. The first-order valence-corrected chi connectivity index (χ1v) is 7.40. The third kappa shape index (κ3) is 17.3. The minimum Gasteiger partial charge on any atom is -0.494 e. The number of rotatable bonds is 14. The van der Waals surface area contributed by atoms with Crippen molar-refractivity contribution >= 4 is 23.5 Å². The Bertz CT molecular complexity index is 450. The van der Waals surface area contributed by atoms with Crippen LogP contribution in [0, 0.1) is 0 Å². The van der Waals surface area contributed by atoms with Crippen LogP contribution in [0.3, 0.4) is 0 Å². The van der Waals surface area contributed by atoms with Crippen LogP contribution in [-0.2, 0) is 42.9 Å². The average molecular weight is 358 g/mol. The molecule has 0 fully saturated rings. The zero-order valence-corrected chi connectivity index (χ0v) is 14.2. The number of ether oxygens (including phenoxy) is 5. The summed E-state index contributed by atoms with van der Waals surface area (Å²) < 4.78 is 24.3. The lowest BCUT2D eigenvalue weighted by molar-refractivity contribution is -0.148. The Labute approximate surface area is 145 Å². The van der Waals surface area contributed by atoms with Crippen LogP contribution in [0.4, 0.5) is 0 Å². The smallest absolute Gasteiger partial charge is 0.313 e. The van der Waals surface area contributed by atoms with E-state index in [4.69, 9.17) is 23.7 Å². The van der Waals surface area contributed by atoms with Gasteiger partial charge in [-0.15, -0.1) is 0 Å². The van der Waals surface area contributed by atoms with Gasteiger partial charge in [0.25, 0.3) is 0 Å². The summed E-state index contributed by atoms with van der Waals surface area (Å²) >= 11 is 0. The van der Waals surface area contributed by atoms with Gasteiger partial charge in [0, 0.05) is 0 Å². The molecule has 0 radical (unpaired) electrons. The maximum absolute atomic E-state index is 11.0. The summed E-state index contributed by atoms with van der Waals surface area (Å²) in [6.07, 6.45) is 4.44. The van der Waals surface area contributed by atoms with E-state index in [9.17, 15) is 19.2 Å². The largest absolute Gasteiger partial charge is 0.494 e. The third-order valence-corrected chi connectivity index (χ3v) is 2.18. The molecule has 0 unspecified atom stereocenters. The first-order valence-electron chi connectivity index (χ1n) is 7.40. The summed E-state index contributed by atoms with van der Waals surface area (Å²) in [5.74, 6) is -1.71. The summed E-state index contributed by atoms with van der Waals surface area (Å²) in [5, 5.41) is 0. The molecule has 0 bridgehead atoms. The summed E-state index contributed by atoms with van der Waals surface area (Å²) in [5.41, 5.74) is 0. The Kier molecular flexibility index (Phi) is 13.1. The van der Waals surface area contributed by atoms with Gasteiger partial charge in [0.2, 0.25) is 0 Å². The van der Waals surface area contributed by atoms with Gasteiger partial charge in [0.15, 0.2) is 0 Å². The number of hydrogen-bond donors (Lipinski definition) is 0. The molecule has 140 valence electrons. The predicted molar refractivity (Wildman–Crippen MR) is 83.8 cm³/mol. The van der Waals surface area contributed by atoms with Crippen LogP contribution in [0.15, 0.2) is 25.0 Å². The van der Waals surface area contributed by atoms with Crippen molar-refractivity contribution < 1.29 is 42.9 Å². The molecule has 0 saturated carbocycles. The molecule has 0 saturated heterocycles. The third-order valence-electron chi connectivity index (χ3n) is 2.18. The fourth-order valence-corrected chi connectivity index (χ4v) is 1.24. The van der Waals surface area contributed by atoms with Crippen molar-refractivity contribution in [1.82, 2.24) is 0 Å². The predicted octanol–water partition coefficient (Wildman–Crippen LogP) is 1.02. The van der Waals surface area contributed by atoms with Gasteiger partial charge in [0.05, 0.1) is 0 Å². The Morgan fingerprint density at radius 3 is 1.40 bits per heavy atom. The maximum Gasteiger partial charge on any atom is 0.313 e. The number of ketones is 2. The molecule has 0 aliphatic heterocycles. The lowest BCUT2D eigenvalue weighted by atomic mass is 10.3. The molecule has 9 heteroatoms. The first kappa shape index (κ1) is 22.2. The highest BCUT2D eigenvalue weighted by molar-refractivity contribution is 5.94. The van der Waals surface area contributed by atoms with Crippen LogP contribution in [0.25, 0.3) is 0 Å². The number of hydrogen-bond acceptors (Lipinski definition) is 9. The van der Waals surface area contributed by atoms with E-state index in [2.05, 4.69) is 0 Å². The molecule has 0 heterocycles. The van der Waals surface area contributed by atoms with E-state index >= 15 is 0 Å². The fraction of sp³-hybridized carbons (Fsp3) is 0.500. The average Bonchev–Trinajstić information content (AvgIpc) is 2.50. The Morgan fingerprint density at radius 1 is 0.640 bits per heavy atom. The molecule has 0 aliphatic carbocycles. The second-order valence-electron chi connectivity index (χ2n) is 4.62. The lowest BCUT2D eigenvalue weighted by Gasteiger charge is -2.03. The summed E-state index contributed by atoms with van der Waals surface area (Å²) in [6, 6.07) is 0. The van der Waals surface area contributed by atoms with E-state index in [1.165, 1.54) is 38.9 Å². The standard InChI is InChI=1S/C16H22O9/c1-13(17)11-15(19)24-9-7-22-5-3-21-4-6-23-8-10-25-16(20)12-14(2)18/h3-6H,7-12H2,1-2H3. The van der Waals surface area contributed by atoms with Crippen LogP contribution in [0.5, 0.6) is 0 Å². The number of esters is 2. The van der Waals surface area contributed by atoms with Crippen molar-refractivity contribution in [1.29, 1.82) is 0 Å². The van der Waals surface area contributed by atoms with E-state index in [1.54, 1.807) is 0 Å². The van der Waals surface area contributed by atoms with Gasteiger partial charge in [-0.05, 0) is 13.8 Å². The van der Waals surface area contributed by atoms with Crippen molar-refractivity contribution in [3.8, 4) is 0 Å². The number of carbonyl (C=O) groups is 4. The minimum absolute atomic E-state index is 0.0255. The van der Waals surface area contributed by atoms with E-state index in [0.717, 1.165) is 0 Å². The van der Waals surface area contributed by atoms with Crippen LogP contribution in [0.2, 0.25) is 0 Å². The molecule has 0 rings (SSSR count). The van der Waals surface area contributed by atoms with Crippen molar-refractivity contribution in [3.63, 3.8) is 0 Å². The second-order valence-corrected chi connectivity index (χ2v) is 4.62. The SMILES string of the molecule is CC(=O)CC(=O)OCCOC=COC=COCCOC(=O)CC(C)=O. The van der Waals surface area contributed by atoms with E-state index in [-0.39, 0.29) is 50.8 Å². The number of Topliss-reactive ketones (excluding diaryl/α,β-unsaturated/α-hetero) is 2. The minimum atomic E-state index is -0.594. The fourth-order valence-electron chi connectivity index (χ4n) is 1.24. The van der Waals surface area contributed by atoms with Crippen molar-refractivity contribution in [2.45, 2.75) is 26.7 Å². The van der Waals surface area contributed by atoms with Crippen LogP contribution >= 0.6 is 0 Å². The van der Waals surface area contributed by atoms with Gasteiger partial charge < -0.3 is 23.7 Å². The van der Waals surface area contributed by atoms with E-state index in [0.29, 0.717) is 0 Å². The summed E-state index contributed by atoms with van der Waals surface area (Å²) in [4.78, 5) is 43.3. The molecule has 25 heavy (non-hydrogen) atoms. The van der Waals surface area contributed by atoms with Gasteiger partial charge >= 0.3 is 11.9 Å². The zero-order chi connectivity index (χ0) is 18.9. The highest BCUT2D eigenvalue weighted by Gasteiger charge is 2.05. The lowest BCUT2D eigenvalue weighted by Crippen LogP contribution is -2.12. The quantitative estimate of drug-likeness (QED) is 0.194. The van der Waals surface area contributed by atoms with Gasteiger partial charge in [-0.2, -0.15) is 0 Å². The molecule has 0 atom stereocenters. The molecule has 0 amide bonds. The van der Waals surface area contributed by atoms with Crippen LogP contribution < -0.4 is 0 Å². The highest BCUT2D eigenvalue weighted by Crippen LogP contribution is 1.91. The number of carbonyl (C=O) groups excluding carboxylic acids is 4. The Hall–Kier alpha value is -2.84. The maximum atomic E-state index is 11.0. The molecular weight excluding hydrogens is 336 g/mol. The second kappa shape index (κ2) is 14.7. The van der Waals surface area contributed by atoms with Crippen molar-refractivity contribution in [2.24, 2.45) is 0 Å². The highest BCUT2D eigenvalue weighted by atomic mass is 16.6. The molecule has 0 spiro atoms. The summed E-state index contributed by atoms with van der Waals surface area (Å²) in [6.45, 7) is 2.90. The van der Waals surface area contributed by atoms with Crippen LogP contribution in [0.1, 0.15) is 26.7 Å². The molecular formula is C16H22O9. The van der Waals surface area contributed by atoms with Crippen molar-refractivity contribution in [2.75, 3.05) is 26.4 Å². The Balaban J connectivity index is 3.46. The molecule has 0 aromatic rings. The van der Waals surface area contributed by atoms with Gasteiger partial charge in [-0.1, -0.05) is 0 Å². The van der Waals surface area contributed by atoms with Crippen LogP contribution in [-0.4, -0.2) is 49.9 Å². The normalized spacial score (nSPS) is 10.5. The van der Waals surface area contributed by atoms with Crippen molar-refractivity contribution in [3.05, 3.63) is 25.0 Å². The Morgan fingerprint density at radius 2 is 1.04 bits per heavy atom. The topological polar surface area (TPSA) is 114 Å². The molecule has 9 nitrogen and oxygen atoms in total. The molecule has 0 N–H and O–H groups in total. The van der Waals surface area contributed by atoms with E-state index < -0.39 is 11.9 Å². The first-order chi connectivity index (χ1) is 11.9. The summed E-state index contributed by atoms with van der Waals surface area (Å²) in [7, 11) is 0. The monoisotopic (exact) mass is 358 g/mol.